The number of aryl methyl sites for hydroxylation is 2. The fourth-order valence-corrected chi connectivity index (χ4v) is 2.70. The van der Waals surface area contributed by atoms with Crippen molar-refractivity contribution in [2.75, 3.05) is 33.4 Å². The Morgan fingerprint density at radius 2 is 2.00 bits per heavy atom. The highest BCUT2D eigenvalue weighted by Gasteiger charge is 2.36. The van der Waals surface area contributed by atoms with E-state index >= 15 is 0 Å². The molecular formula is C16H23NO4. The lowest BCUT2D eigenvalue weighted by molar-refractivity contribution is -0.143. The van der Waals surface area contributed by atoms with Crippen LogP contribution in [0.4, 0.5) is 0 Å². The number of likely N-dealkylation sites (N-methyl/N-ethyl adjacent to an activating group) is 1. The summed E-state index contributed by atoms with van der Waals surface area (Å²) < 4.78 is 11.0. The molecular weight excluding hydrogens is 270 g/mol. The van der Waals surface area contributed by atoms with Crippen molar-refractivity contribution < 1.29 is 19.4 Å². The van der Waals surface area contributed by atoms with Crippen molar-refractivity contribution in [2.45, 2.75) is 19.9 Å². The predicted octanol–water partition coefficient (Wildman–Crippen LogP) is 1.71. The minimum atomic E-state index is -0.792. The lowest BCUT2D eigenvalue weighted by Crippen LogP contribution is -2.42. The van der Waals surface area contributed by atoms with Crippen LogP contribution in [0.25, 0.3) is 0 Å². The normalized spacial score (nSPS) is 21.7. The number of nitrogens with zero attached hydrogens (tertiary/aromatic N) is 1. The molecule has 1 aliphatic rings. The van der Waals surface area contributed by atoms with E-state index in [1.807, 2.05) is 37.9 Å². The number of carboxylic acid groups (broad SMARTS) is 1. The van der Waals surface area contributed by atoms with Crippen LogP contribution in [0.3, 0.4) is 0 Å². The smallest absolute Gasteiger partial charge is 0.310 e. The number of aliphatic carboxylic acids is 1. The van der Waals surface area contributed by atoms with E-state index in [4.69, 9.17) is 14.6 Å². The summed E-state index contributed by atoms with van der Waals surface area (Å²) in [5.74, 6) is -0.380. The third-order valence-corrected chi connectivity index (χ3v) is 3.84. The van der Waals surface area contributed by atoms with E-state index in [2.05, 4.69) is 6.07 Å². The molecule has 2 unspecified atom stereocenters. The molecule has 1 heterocycles. The molecule has 2 atom stereocenters. The summed E-state index contributed by atoms with van der Waals surface area (Å²) in [6, 6.07) is 6.04. The average molecular weight is 293 g/mol. The zero-order valence-corrected chi connectivity index (χ0v) is 12.8. The minimum absolute atomic E-state index is 0.0784. The van der Waals surface area contributed by atoms with E-state index in [9.17, 15) is 4.79 Å². The fourth-order valence-electron chi connectivity index (χ4n) is 2.70. The molecule has 1 N–H and O–H groups in total. The third-order valence-electron chi connectivity index (χ3n) is 3.84. The average Bonchev–Trinajstić information content (AvgIpc) is 2.86. The van der Waals surface area contributed by atoms with Gasteiger partial charge in [-0.15, -0.1) is 0 Å². The molecule has 1 saturated heterocycles. The lowest BCUT2D eigenvalue weighted by Gasteiger charge is -2.26. The van der Waals surface area contributed by atoms with Gasteiger partial charge in [0.05, 0.1) is 19.1 Å². The molecule has 0 aromatic heterocycles. The monoisotopic (exact) mass is 293 g/mol. The van der Waals surface area contributed by atoms with E-state index in [1.54, 1.807) is 0 Å². The van der Waals surface area contributed by atoms with Gasteiger partial charge in [-0.05, 0) is 44.2 Å². The summed E-state index contributed by atoms with van der Waals surface area (Å²) in [6.45, 7) is 6.05. The highest BCUT2D eigenvalue weighted by atomic mass is 16.5. The SMILES string of the molecule is Cc1cc(C)cc(OCCN(C)C2COCC2C(=O)O)c1. The number of carbonyl (C=O) groups is 1. The summed E-state index contributed by atoms with van der Waals surface area (Å²) in [5.41, 5.74) is 2.35. The van der Waals surface area contributed by atoms with Crippen LogP contribution in [0.1, 0.15) is 11.1 Å². The number of ether oxygens (including phenoxy) is 2. The summed E-state index contributed by atoms with van der Waals surface area (Å²) in [5, 5.41) is 9.16. The van der Waals surface area contributed by atoms with Crippen LogP contribution in [-0.4, -0.2) is 55.4 Å². The highest BCUT2D eigenvalue weighted by molar-refractivity contribution is 5.71. The first kappa shape index (κ1) is 15.8. The third kappa shape index (κ3) is 4.19. The van der Waals surface area contributed by atoms with Gasteiger partial charge in [-0.1, -0.05) is 6.07 Å². The zero-order valence-electron chi connectivity index (χ0n) is 12.8. The van der Waals surface area contributed by atoms with Crippen molar-refractivity contribution in [3.63, 3.8) is 0 Å². The minimum Gasteiger partial charge on any atom is -0.492 e. The van der Waals surface area contributed by atoms with Gasteiger partial charge in [0.1, 0.15) is 12.4 Å². The van der Waals surface area contributed by atoms with Crippen molar-refractivity contribution >= 4 is 5.97 Å². The summed E-state index contributed by atoms with van der Waals surface area (Å²) >= 11 is 0. The molecule has 1 aromatic carbocycles. The van der Waals surface area contributed by atoms with Crippen LogP contribution >= 0.6 is 0 Å². The molecule has 1 aromatic rings. The second kappa shape index (κ2) is 6.91. The standard InChI is InChI=1S/C16H23NO4/c1-11-6-12(2)8-13(7-11)21-5-4-17(3)15-10-20-9-14(15)16(18)19/h6-8,14-15H,4-5,9-10H2,1-3H3,(H,18,19). The molecule has 116 valence electrons. The summed E-state index contributed by atoms with van der Waals surface area (Å²) in [7, 11) is 1.92. The van der Waals surface area contributed by atoms with E-state index in [0.29, 0.717) is 26.4 Å². The molecule has 1 fully saturated rings. The quantitative estimate of drug-likeness (QED) is 0.865. The molecule has 0 radical (unpaired) electrons. The second-order valence-corrected chi connectivity index (χ2v) is 5.70. The molecule has 5 heteroatoms. The van der Waals surface area contributed by atoms with Crippen LogP contribution in [-0.2, 0) is 9.53 Å². The molecule has 0 saturated carbocycles. The number of carboxylic acids is 1. The Hall–Kier alpha value is -1.59. The van der Waals surface area contributed by atoms with Crippen LogP contribution in [0.2, 0.25) is 0 Å². The molecule has 21 heavy (non-hydrogen) atoms. The van der Waals surface area contributed by atoms with E-state index in [-0.39, 0.29) is 6.04 Å². The molecule has 0 aliphatic carbocycles. The van der Waals surface area contributed by atoms with Crippen molar-refractivity contribution in [3.05, 3.63) is 29.3 Å². The van der Waals surface area contributed by atoms with Gasteiger partial charge in [-0.3, -0.25) is 9.69 Å². The van der Waals surface area contributed by atoms with E-state index < -0.39 is 11.9 Å². The van der Waals surface area contributed by atoms with Crippen molar-refractivity contribution in [1.82, 2.24) is 4.90 Å². The van der Waals surface area contributed by atoms with Gasteiger partial charge in [0, 0.05) is 12.6 Å². The van der Waals surface area contributed by atoms with Crippen molar-refractivity contribution in [3.8, 4) is 5.75 Å². The van der Waals surface area contributed by atoms with Crippen LogP contribution < -0.4 is 4.74 Å². The van der Waals surface area contributed by atoms with Gasteiger partial charge >= 0.3 is 5.97 Å². The summed E-state index contributed by atoms with van der Waals surface area (Å²) in [6.07, 6.45) is 0. The van der Waals surface area contributed by atoms with Crippen LogP contribution in [0.15, 0.2) is 18.2 Å². The largest absolute Gasteiger partial charge is 0.492 e. The van der Waals surface area contributed by atoms with Gasteiger partial charge in [0.15, 0.2) is 0 Å². The van der Waals surface area contributed by atoms with E-state index in [1.165, 1.54) is 11.1 Å². The van der Waals surface area contributed by atoms with E-state index in [0.717, 1.165) is 5.75 Å². The van der Waals surface area contributed by atoms with Gasteiger partial charge in [-0.2, -0.15) is 0 Å². The maximum atomic E-state index is 11.1. The molecule has 5 nitrogen and oxygen atoms in total. The number of hydrogen-bond donors (Lipinski definition) is 1. The Labute approximate surface area is 125 Å². The molecule has 0 spiro atoms. The second-order valence-electron chi connectivity index (χ2n) is 5.70. The van der Waals surface area contributed by atoms with Crippen molar-refractivity contribution in [1.29, 1.82) is 0 Å². The molecule has 0 bridgehead atoms. The Balaban J connectivity index is 1.84. The summed E-state index contributed by atoms with van der Waals surface area (Å²) in [4.78, 5) is 13.2. The highest BCUT2D eigenvalue weighted by Crippen LogP contribution is 2.19. The van der Waals surface area contributed by atoms with Crippen molar-refractivity contribution in [2.24, 2.45) is 5.92 Å². The van der Waals surface area contributed by atoms with Crippen LogP contribution in [0, 0.1) is 19.8 Å². The van der Waals surface area contributed by atoms with Gasteiger partial charge in [0.2, 0.25) is 0 Å². The predicted molar refractivity (Wildman–Crippen MR) is 79.8 cm³/mol. The first-order valence-corrected chi connectivity index (χ1v) is 7.19. The number of benzene rings is 1. The van der Waals surface area contributed by atoms with Gasteiger partial charge in [-0.25, -0.2) is 0 Å². The fraction of sp³-hybridized carbons (Fsp3) is 0.562. The topological polar surface area (TPSA) is 59.0 Å². The maximum absolute atomic E-state index is 11.1. The Bertz CT molecular complexity index is 483. The lowest BCUT2D eigenvalue weighted by atomic mass is 10.0. The zero-order chi connectivity index (χ0) is 15.4. The van der Waals surface area contributed by atoms with Gasteiger partial charge in [0.25, 0.3) is 0 Å². The number of hydrogen-bond acceptors (Lipinski definition) is 4. The Kier molecular flexibility index (Phi) is 5.20. The van der Waals surface area contributed by atoms with Gasteiger partial charge < -0.3 is 14.6 Å². The molecule has 0 amide bonds. The Morgan fingerprint density at radius 1 is 1.33 bits per heavy atom. The number of rotatable bonds is 6. The molecule has 2 rings (SSSR count). The Morgan fingerprint density at radius 3 is 2.62 bits per heavy atom. The first-order valence-electron chi connectivity index (χ1n) is 7.19. The van der Waals surface area contributed by atoms with Crippen LogP contribution in [0.5, 0.6) is 5.75 Å². The first-order chi connectivity index (χ1) is 9.97. The maximum Gasteiger partial charge on any atom is 0.310 e. The molecule has 1 aliphatic heterocycles.